The van der Waals surface area contributed by atoms with Gasteiger partial charge in [0.25, 0.3) is 0 Å². The fourth-order valence-electron chi connectivity index (χ4n) is 1.97. The van der Waals surface area contributed by atoms with E-state index in [-0.39, 0.29) is 0 Å². The normalized spacial score (nSPS) is 20.1. The van der Waals surface area contributed by atoms with Crippen LogP contribution in [0.5, 0.6) is 0 Å². The number of rotatable bonds is 6. The average Bonchev–Trinajstić information content (AvgIpc) is 2.83. The van der Waals surface area contributed by atoms with Gasteiger partial charge in [0, 0.05) is 19.3 Å². The van der Waals surface area contributed by atoms with Crippen molar-refractivity contribution in [2.75, 3.05) is 13.2 Å². The van der Waals surface area contributed by atoms with Gasteiger partial charge < -0.3 is 10.1 Å². The molecule has 1 aromatic heterocycles. The predicted octanol–water partition coefficient (Wildman–Crippen LogP) is 1.53. The van der Waals surface area contributed by atoms with Crippen LogP contribution in [0.15, 0.2) is 18.3 Å². The van der Waals surface area contributed by atoms with Crippen molar-refractivity contribution in [1.82, 2.24) is 15.5 Å². The summed E-state index contributed by atoms with van der Waals surface area (Å²) in [5, 5.41) is 11.2. The molecule has 0 amide bonds. The third kappa shape index (κ3) is 3.87. The van der Waals surface area contributed by atoms with E-state index in [1.165, 1.54) is 25.7 Å². The summed E-state index contributed by atoms with van der Waals surface area (Å²) in [6.45, 7) is 2.79. The molecule has 0 aliphatic carbocycles. The predicted molar refractivity (Wildman–Crippen MR) is 61.9 cm³/mol. The van der Waals surface area contributed by atoms with Crippen molar-refractivity contribution in [2.45, 2.75) is 38.3 Å². The van der Waals surface area contributed by atoms with E-state index in [4.69, 9.17) is 4.74 Å². The zero-order chi connectivity index (χ0) is 11.1. The fourth-order valence-corrected chi connectivity index (χ4v) is 1.97. The van der Waals surface area contributed by atoms with Crippen molar-refractivity contribution in [2.24, 2.45) is 0 Å². The molecule has 4 heteroatoms. The Morgan fingerprint density at radius 1 is 1.50 bits per heavy atom. The lowest BCUT2D eigenvalue weighted by Crippen LogP contribution is -2.17. The van der Waals surface area contributed by atoms with Gasteiger partial charge in [-0.15, -0.1) is 0 Å². The summed E-state index contributed by atoms with van der Waals surface area (Å²) in [7, 11) is 0. The molecule has 0 aromatic carbocycles. The third-order valence-electron chi connectivity index (χ3n) is 2.84. The van der Waals surface area contributed by atoms with E-state index in [1.807, 2.05) is 12.1 Å². The summed E-state index contributed by atoms with van der Waals surface area (Å²) < 4.78 is 5.57. The maximum Gasteiger partial charge on any atom is 0.0768 e. The minimum atomic E-state index is 0.512. The maximum absolute atomic E-state index is 5.57. The molecular weight excluding hydrogens is 202 g/mol. The number of hydrogen-bond donors (Lipinski definition) is 1. The molecule has 1 aliphatic heterocycles. The molecular formula is C12H19N3O. The lowest BCUT2D eigenvalue weighted by atomic mass is 10.1. The van der Waals surface area contributed by atoms with Crippen LogP contribution < -0.4 is 5.32 Å². The molecule has 1 fully saturated rings. The maximum atomic E-state index is 5.57. The van der Waals surface area contributed by atoms with Crippen molar-refractivity contribution in [3.8, 4) is 0 Å². The van der Waals surface area contributed by atoms with Gasteiger partial charge >= 0.3 is 0 Å². The summed E-state index contributed by atoms with van der Waals surface area (Å²) in [5.74, 6) is 0. The molecule has 0 radical (unpaired) electrons. The minimum absolute atomic E-state index is 0.512. The SMILES string of the molecule is c1cnnc(CNCCCC2CCCO2)c1. The van der Waals surface area contributed by atoms with Gasteiger partial charge in [-0.3, -0.25) is 0 Å². The first-order chi connectivity index (χ1) is 7.95. The van der Waals surface area contributed by atoms with Crippen molar-refractivity contribution >= 4 is 0 Å². The smallest absolute Gasteiger partial charge is 0.0768 e. The van der Waals surface area contributed by atoms with E-state index < -0.39 is 0 Å². The number of nitrogens with one attached hydrogen (secondary N) is 1. The summed E-state index contributed by atoms with van der Waals surface area (Å²) in [6, 6.07) is 3.90. The lowest BCUT2D eigenvalue weighted by Gasteiger charge is -2.09. The highest BCUT2D eigenvalue weighted by Gasteiger charge is 2.14. The van der Waals surface area contributed by atoms with Gasteiger partial charge in [0.1, 0.15) is 0 Å². The first-order valence-electron chi connectivity index (χ1n) is 6.04. The van der Waals surface area contributed by atoms with Crippen LogP contribution in [0.1, 0.15) is 31.4 Å². The second-order valence-corrected chi connectivity index (χ2v) is 4.17. The van der Waals surface area contributed by atoms with Gasteiger partial charge in [0.2, 0.25) is 0 Å². The average molecular weight is 221 g/mol. The minimum Gasteiger partial charge on any atom is -0.378 e. The van der Waals surface area contributed by atoms with Crippen molar-refractivity contribution < 1.29 is 4.74 Å². The van der Waals surface area contributed by atoms with Crippen LogP contribution in [-0.2, 0) is 11.3 Å². The topological polar surface area (TPSA) is 47.0 Å². The molecule has 2 rings (SSSR count). The van der Waals surface area contributed by atoms with E-state index in [0.29, 0.717) is 6.10 Å². The summed E-state index contributed by atoms with van der Waals surface area (Å²) in [5.41, 5.74) is 1.000. The molecule has 0 bridgehead atoms. The first-order valence-corrected chi connectivity index (χ1v) is 6.04. The van der Waals surface area contributed by atoms with Gasteiger partial charge in [0.15, 0.2) is 0 Å². The van der Waals surface area contributed by atoms with Gasteiger partial charge in [-0.1, -0.05) is 0 Å². The van der Waals surface area contributed by atoms with Crippen LogP contribution in [0.3, 0.4) is 0 Å². The number of aromatic nitrogens is 2. The molecule has 16 heavy (non-hydrogen) atoms. The fraction of sp³-hybridized carbons (Fsp3) is 0.667. The van der Waals surface area contributed by atoms with E-state index in [9.17, 15) is 0 Å². The van der Waals surface area contributed by atoms with Gasteiger partial charge in [0.05, 0.1) is 11.8 Å². The molecule has 4 nitrogen and oxygen atoms in total. The molecule has 88 valence electrons. The van der Waals surface area contributed by atoms with Crippen LogP contribution in [0.2, 0.25) is 0 Å². The zero-order valence-electron chi connectivity index (χ0n) is 9.56. The highest BCUT2D eigenvalue weighted by atomic mass is 16.5. The highest BCUT2D eigenvalue weighted by molar-refractivity contribution is 4.98. The van der Waals surface area contributed by atoms with E-state index in [0.717, 1.165) is 25.4 Å². The summed E-state index contributed by atoms with van der Waals surface area (Å²) >= 11 is 0. The summed E-state index contributed by atoms with van der Waals surface area (Å²) in [4.78, 5) is 0. The van der Waals surface area contributed by atoms with Crippen molar-refractivity contribution in [1.29, 1.82) is 0 Å². The second kappa shape index (κ2) is 6.55. The van der Waals surface area contributed by atoms with Crippen LogP contribution in [0.4, 0.5) is 0 Å². The Bertz CT molecular complexity index is 286. The largest absolute Gasteiger partial charge is 0.378 e. The highest BCUT2D eigenvalue weighted by Crippen LogP contribution is 2.16. The molecule has 1 saturated heterocycles. The Morgan fingerprint density at radius 2 is 2.50 bits per heavy atom. The third-order valence-corrected chi connectivity index (χ3v) is 2.84. The molecule has 1 unspecified atom stereocenters. The summed E-state index contributed by atoms with van der Waals surface area (Å²) in [6.07, 6.45) is 7.03. The second-order valence-electron chi connectivity index (χ2n) is 4.17. The Kier molecular flexibility index (Phi) is 4.70. The van der Waals surface area contributed by atoms with Crippen LogP contribution in [0, 0.1) is 0 Å². The molecule has 1 aliphatic rings. The number of ether oxygens (including phenoxy) is 1. The van der Waals surface area contributed by atoms with Crippen LogP contribution >= 0.6 is 0 Å². The van der Waals surface area contributed by atoms with Gasteiger partial charge in [-0.2, -0.15) is 10.2 Å². The lowest BCUT2D eigenvalue weighted by molar-refractivity contribution is 0.102. The molecule has 0 spiro atoms. The molecule has 1 atom stereocenters. The van der Waals surface area contributed by atoms with Gasteiger partial charge in [-0.25, -0.2) is 0 Å². The molecule has 1 N–H and O–H groups in total. The molecule has 1 aromatic rings. The quantitative estimate of drug-likeness (QED) is 0.740. The Balaban J connectivity index is 1.52. The monoisotopic (exact) mass is 221 g/mol. The molecule has 2 heterocycles. The van der Waals surface area contributed by atoms with E-state index in [1.54, 1.807) is 6.20 Å². The van der Waals surface area contributed by atoms with Crippen LogP contribution in [-0.4, -0.2) is 29.5 Å². The Hall–Kier alpha value is -1.00. The number of hydrogen-bond acceptors (Lipinski definition) is 4. The Labute approximate surface area is 96.4 Å². The Morgan fingerprint density at radius 3 is 3.25 bits per heavy atom. The van der Waals surface area contributed by atoms with Crippen LogP contribution in [0.25, 0.3) is 0 Å². The molecule has 0 saturated carbocycles. The van der Waals surface area contributed by atoms with Gasteiger partial charge in [-0.05, 0) is 44.4 Å². The zero-order valence-corrected chi connectivity index (χ0v) is 9.56. The first kappa shape index (κ1) is 11.5. The standard InChI is InChI=1S/C12H19N3O/c1-4-11(15-14-8-1)10-13-7-2-5-12-6-3-9-16-12/h1,4,8,12-13H,2-3,5-7,9-10H2. The number of nitrogens with zero attached hydrogens (tertiary/aromatic N) is 2. The van der Waals surface area contributed by atoms with E-state index in [2.05, 4.69) is 15.5 Å². The van der Waals surface area contributed by atoms with Crippen molar-refractivity contribution in [3.05, 3.63) is 24.0 Å². The van der Waals surface area contributed by atoms with Crippen molar-refractivity contribution in [3.63, 3.8) is 0 Å². The van der Waals surface area contributed by atoms with E-state index >= 15 is 0 Å².